The van der Waals surface area contributed by atoms with E-state index in [4.69, 9.17) is 0 Å². The van der Waals surface area contributed by atoms with Crippen LogP contribution in [0.15, 0.2) is 0 Å². The first-order chi connectivity index (χ1) is 9.08. The van der Waals surface area contributed by atoms with Gasteiger partial charge in [0.1, 0.15) is 0 Å². The number of nitrogens with one attached hydrogen (secondary N) is 1. The molecule has 1 unspecified atom stereocenters. The van der Waals surface area contributed by atoms with E-state index in [1.165, 1.54) is 64.6 Å². The highest BCUT2D eigenvalue weighted by molar-refractivity contribution is 5.04. The van der Waals surface area contributed by atoms with Crippen molar-refractivity contribution in [2.24, 2.45) is 11.3 Å². The van der Waals surface area contributed by atoms with Crippen LogP contribution >= 0.6 is 0 Å². The van der Waals surface area contributed by atoms with Crippen LogP contribution in [0.1, 0.15) is 65.7 Å². The zero-order valence-electron chi connectivity index (χ0n) is 13.2. The fourth-order valence-electron chi connectivity index (χ4n) is 4.46. The van der Waals surface area contributed by atoms with Gasteiger partial charge in [0.05, 0.1) is 0 Å². The summed E-state index contributed by atoms with van der Waals surface area (Å²) in [5, 5.41) is 3.94. The molecule has 1 spiro atoms. The number of hydrogen-bond acceptors (Lipinski definition) is 2. The Balaban J connectivity index is 1.71. The van der Waals surface area contributed by atoms with Gasteiger partial charge in [-0.1, -0.05) is 33.6 Å². The summed E-state index contributed by atoms with van der Waals surface area (Å²) in [6.45, 7) is 11.1. The average molecular weight is 264 g/mol. The molecule has 0 bridgehead atoms. The van der Waals surface area contributed by atoms with Crippen LogP contribution < -0.4 is 5.32 Å². The fraction of sp³-hybridized carbons (Fsp3) is 1.00. The summed E-state index contributed by atoms with van der Waals surface area (Å²) in [6, 6.07) is 0.759. The van der Waals surface area contributed by atoms with E-state index >= 15 is 0 Å². The summed E-state index contributed by atoms with van der Waals surface area (Å²) in [5.41, 5.74) is 1.18. The summed E-state index contributed by atoms with van der Waals surface area (Å²) in [7, 11) is 0. The summed E-state index contributed by atoms with van der Waals surface area (Å²) < 4.78 is 0. The maximum Gasteiger partial charge on any atom is 0.0309 e. The maximum absolute atomic E-state index is 3.94. The predicted molar refractivity (Wildman–Crippen MR) is 81.4 cm³/mol. The molecule has 0 aromatic rings. The molecule has 0 amide bonds. The molecule has 0 aromatic heterocycles. The first-order valence-corrected chi connectivity index (χ1v) is 8.57. The number of rotatable bonds is 4. The first kappa shape index (κ1) is 13.9. The van der Waals surface area contributed by atoms with Crippen molar-refractivity contribution < 1.29 is 0 Å². The van der Waals surface area contributed by atoms with E-state index in [1.807, 2.05) is 0 Å². The largest absolute Gasteiger partial charge is 0.308 e. The fourth-order valence-corrected chi connectivity index (χ4v) is 4.46. The highest BCUT2D eigenvalue weighted by Gasteiger charge is 2.47. The van der Waals surface area contributed by atoms with Gasteiger partial charge in [0, 0.05) is 31.2 Å². The van der Waals surface area contributed by atoms with E-state index in [1.54, 1.807) is 0 Å². The van der Waals surface area contributed by atoms with Gasteiger partial charge in [-0.2, -0.15) is 0 Å². The monoisotopic (exact) mass is 264 g/mol. The van der Waals surface area contributed by atoms with Crippen LogP contribution in [0.25, 0.3) is 0 Å². The van der Waals surface area contributed by atoms with Crippen molar-refractivity contribution in [1.29, 1.82) is 0 Å². The lowest BCUT2D eigenvalue weighted by Crippen LogP contribution is -2.65. The Morgan fingerprint density at radius 2 is 1.84 bits per heavy atom. The molecule has 1 aliphatic heterocycles. The Bertz CT molecular complexity index is 313. The van der Waals surface area contributed by atoms with Crippen molar-refractivity contribution in [1.82, 2.24) is 10.2 Å². The van der Waals surface area contributed by atoms with E-state index < -0.39 is 0 Å². The summed E-state index contributed by atoms with van der Waals surface area (Å²) in [4.78, 5) is 2.88. The van der Waals surface area contributed by atoms with Gasteiger partial charge in [-0.3, -0.25) is 4.90 Å². The van der Waals surface area contributed by atoms with E-state index in [2.05, 4.69) is 31.0 Å². The zero-order valence-corrected chi connectivity index (χ0v) is 13.2. The van der Waals surface area contributed by atoms with Crippen molar-refractivity contribution in [3.63, 3.8) is 0 Å². The molecule has 1 atom stereocenters. The molecule has 2 nitrogen and oxygen atoms in total. The van der Waals surface area contributed by atoms with Crippen molar-refractivity contribution in [3.05, 3.63) is 0 Å². The van der Waals surface area contributed by atoms with Crippen molar-refractivity contribution in [2.45, 2.75) is 77.3 Å². The Labute approximate surface area is 119 Å². The van der Waals surface area contributed by atoms with Gasteiger partial charge in [0.25, 0.3) is 0 Å². The molecule has 1 N–H and O–H groups in total. The van der Waals surface area contributed by atoms with Crippen LogP contribution in [0.2, 0.25) is 0 Å². The van der Waals surface area contributed by atoms with Gasteiger partial charge < -0.3 is 5.32 Å². The second kappa shape index (κ2) is 5.04. The minimum atomic E-state index is 0.481. The molecule has 2 heteroatoms. The molecule has 1 heterocycles. The predicted octanol–water partition coefficient (Wildman–Crippen LogP) is 3.42. The van der Waals surface area contributed by atoms with Gasteiger partial charge in [0.2, 0.25) is 0 Å². The summed E-state index contributed by atoms with van der Waals surface area (Å²) in [5.74, 6) is 0.777. The van der Waals surface area contributed by atoms with Crippen LogP contribution in [0.4, 0.5) is 0 Å². The van der Waals surface area contributed by atoms with E-state index in [9.17, 15) is 0 Å². The molecule has 3 aliphatic rings. The second-order valence-electron chi connectivity index (χ2n) is 7.94. The van der Waals surface area contributed by atoms with Crippen LogP contribution in [0, 0.1) is 11.3 Å². The standard InChI is InChI=1S/C17H32N2/c1-4-16(9-10-16)12-19-13-17(7-5-6-8-17)18-11-15(19)14(2)3/h14-15,18H,4-13H2,1-3H3. The molecular formula is C17H32N2. The Morgan fingerprint density at radius 1 is 1.16 bits per heavy atom. The molecule has 19 heavy (non-hydrogen) atoms. The molecule has 3 fully saturated rings. The van der Waals surface area contributed by atoms with Gasteiger partial charge in [0.15, 0.2) is 0 Å². The Morgan fingerprint density at radius 3 is 2.37 bits per heavy atom. The lowest BCUT2D eigenvalue weighted by atomic mass is 9.87. The summed E-state index contributed by atoms with van der Waals surface area (Å²) >= 11 is 0. The molecule has 0 radical (unpaired) electrons. The van der Waals surface area contributed by atoms with E-state index in [0.29, 0.717) is 11.0 Å². The maximum atomic E-state index is 3.94. The zero-order chi connectivity index (χ0) is 13.5. The van der Waals surface area contributed by atoms with E-state index in [-0.39, 0.29) is 0 Å². The Hall–Kier alpha value is -0.0800. The van der Waals surface area contributed by atoms with Crippen molar-refractivity contribution >= 4 is 0 Å². The topological polar surface area (TPSA) is 15.3 Å². The third-order valence-electron chi connectivity index (χ3n) is 6.24. The quantitative estimate of drug-likeness (QED) is 0.837. The lowest BCUT2D eigenvalue weighted by Gasteiger charge is -2.49. The molecule has 2 saturated carbocycles. The van der Waals surface area contributed by atoms with Crippen LogP contribution in [0.3, 0.4) is 0 Å². The van der Waals surface area contributed by atoms with Gasteiger partial charge in [-0.15, -0.1) is 0 Å². The smallest absolute Gasteiger partial charge is 0.0309 e. The highest BCUT2D eigenvalue weighted by atomic mass is 15.3. The Kier molecular flexibility index (Phi) is 3.68. The normalized spacial score (nSPS) is 33.2. The SMILES string of the molecule is CCC1(CN2CC3(CCCC3)NCC2C(C)C)CC1. The number of hydrogen-bond donors (Lipinski definition) is 1. The second-order valence-corrected chi connectivity index (χ2v) is 7.94. The molecule has 110 valence electrons. The highest BCUT2D eigenvalue weighted by Crippen LogP contribution is 2.50. The molecular weight excluding hydrogens is 232 g/mol. The van der Waals surface area contributed by atoms with E-state index in [0.717, 1.165) is 12.0 Å². The molecule has 2 aliphatic carbocycles. The number of piperazine rings is 1. The molecule has 0 aromatic carbocycles. The summed E-state index contributed by atoms with van der Waals surface area (Å²) in [6.07, 6.45) is 10.0. The molecule has 3 rings (SSSR count). The van der Waals surface area contributed by atoms with Crippen LogP contribution in [-0.4, -0.2) is 36.1 Å². The third-order valence-corrected chi connectivity index (χ3v) is 6.24. The lowest BCUT2D eigenvalue weighted by molar-refractivity contribution is 0.0396. The van der Waals surface area contributed by atoms with Crippen LogP contribution in [-0.2, 0) is 0 Å². The van der Waals surface area contributed by atoms with Crippen molar-refractivity contribution in [3.8, 4) is 0 Å². The molecule has 1 saturated heterocycles. The third kappa shape index (κ3) is 2.71. The van der Waals surface area contributed by atoms with Crippen LogP contribution in [0.5, 0.6) is 0 Å². The average Bonchev–Trinajstić information content (AvgIpc) is 3.02. The first-order valence-electron chi connectivity index (χ1n) is 8.57. The number of nitrogens with zero attached hydrogens (tertiary/aromatic N) is 1. The minimum absolute atomic E-state index is 0.481. The van der Waals surface area contributed by atoms with Gasteiger partial charge in [-0.25, -0.2) is 0 Å². The van der Waals surface area contributed by atoms with Gasteiger partial charge in [-0.05, 0) is 43.4 Å². The van der Waals surface area contributed by atoms with Gasteiger partial charge >= 0.3 is 0 Å². The van der Waals surface area contributed by atoms with Crippen molar-refractivity contribution in [2.75, 3.05) is 19.6 Å². The minimum Gasteiger partial charge on any atom is -0.308 e.